The smallest absolute Gasteiger partial charge is 0.256 e. The van der Waals surface area contributed by atoms with E-state index in [1.54, 1.807) is 18.2 Å². The molecule has 0 unspecified atom stereocenters. The van der Waals surface area contributed by atoms with Gasteiger partial charge in [-0.3, -0.25) is 14.7 Å². The van der Waals surface area contributed by atoms with Gasteiger partial charge in [0.05, 0.1) is 5.69 Å². The SMILES string of the molecule is CN1CCN(c2ccc(C(=O)Nc3cc(-c4cccc(NC(=O)c5ccccc5)c4)[nH]n3)cc2)CC1. The number of nitrogens with one attached hydrogen (secondary N) is 3. The van der Waals surface area contributed by atoms with Gasteiger partial charge in [-0.05, 0) is 55.6 Å². The van der Waals surface area contributed by atoms with Crippen molar-refractivity contribution in [3.63, 3.8) is 0 Å². The summed E-state index contributed by atoms with van der Waals surface area (Å²) < 4.78 is 0. The van der Waals surface area contributed by atoms with Crippen LogP contribution in [0.3, 0.4) is 0 Å². The predicted molar refractivity (Wildman–Crippen MR) is 143 cm³/mol. The molecule has 1 aromatic heterocycles. The van der Waals surface area contributed by atoms with E-state index in [0.29, 0.717) is 22.6 Å². The average molecular weight is 481 g/mol. The van der Waals surface area contributed by atoms with Gasteiger partial charge in [0, 0.05) is 60.3 Å². The molecule has 182 valence electrons. The molecule has 8 heteroatoms. The number of piperazine rings is 1. The van der Waals surface area contributed by atoms with E-state index in [9.17, 15) is 9.59 Å². The van der Waals surface area contributed by atoms with Gasteiger partial charge < -0.3 is 20.4 Å². The minimum atomic E-state index is -0.221. The summed E-state index contributed by atoms with van der Waals surface area (Å²) in [4.78, 5) is 29.9. The van der Waals surface area contributed by atoms with Crippen molar-refractivity contribution in [2.45, 2.75) is 0 Å². The Balaban J connectivity index is 1.22. The zero-order valence-electron chi connectivity index (χ0n) is 20.1. The number of carbonyl (C=O) groups is 2. The molecule has 0 saturated carbocycles. The van der Waals surface area contributed by atoms with Crippen molar-refractivity contribution in [3.05, 3.63) is 96.1 Å². The molecule has 4 aromatic rings. The van der Waals surface area contributed by atoms with Crippen LogP contribution in [0.2, 0.25) is 0 Å². The first-order valence-electron chi connectivity index (χ1n) is 11.9. The normalized spacial score (nSPS) is 13.9. The fourth-order valence-corrected chi connectivity index (χ4v) is 4.17. The molecule has 0 atom stereocenters. The number of benzene rings is 3. The number of nitrogens with zero attached hydrogens (tertiary/aromatic N) is 3. The highest BCUT2D eigenvalue weighted by atomic mass is 16.2. The van der Waals surface area contributed by atoms with Crippen LogP contribution in [-0.2, 0) is 0 Å². The fourth-order valence-electron chi connectivity index (χ4n) is 4.17. The lowest BCUT2D eigenvalue weighted by molar-refractivity contribution is 0.101. The van der Waals surface area contributed by atoms with Crippen LogP contribution in [0.25, 0.3) is 11.3 Å². The molecule has 0 bridgehead atoms. The van der Waals surface area contributed by atoms with E-state index in [1.165, 1.54) is 0 Å². The monoisotopic (exact) mass is 480 g/mol. The molecule has 1 saturated heterocycles. The number of H-pyrrole nitrogens is 1. The van der Waals surface area contributed by atoms with E-state index in [0.717, 1.165) is 43.1 Å². The number of anilines is 3. The van der Waals surface area contributed by atoms with Gasteiger partial charge in [-0.25, -0.2) is 0 Å². The molecule has 0 radical (unpaired) electrons. The molecule has 0 aliphatic carbocycles. The van der Waals surface area contributed by atoms with Gasteiger partial charge in [-0.2, -0.15) is 5.10 Å². The molecular weight excluding hydrogens is 452 g/mol. The van der Waals surface area contributed by atoms with E-state index in [-0.39, 0.29) is 11.8 Å². The first-order chi connectivity index (χ1) is 17.5. The Labute approximate surface area is 209 Å². The molecule has 36 heavy (non-hydrogen) atoms. The van der Waals surface area contributed by atoms with E-state index in [1.807, 2.05) is 66.7 Å². The predicted octanol–water partition coefficient (Wildman–Crippen LogP) is 4.33. The lowest BCUT2D eigenvalue weighted by Crippen LogP contribution is -2.44. The molecule has 5 rings (SSSR count). The van der Waals surface area contributed by atoms with Gasteiger partial charge in [0.25, 0.3) is 11.8 Å². The third-order valence-electron chi connectivity index (χ3n) is 6.28. The second-order valence-corrected chi connectivity index (χ2v) is 8.86. The maximum atomic E-state index is 12.8. The minimum absolute atomic E-state index is 0.177. The molecule has 2 amide bonds. The molecule has 1 aliphatic heterocycles. The maximum Gasteiger partial charge on any atom is 0.256 e. The van der Waals surface area contributed by atoms with Crippen molar-refractivity contribution in [3.8, 4) is 11.3 Å². The summed E-state index contributed by atoms with van der Waals surface area (Å²) in [6.45, 7) is 4.03. The molecule has 3 aromatic carbocycles. The number of likely N-dealkylation sites (N-methyl/N-ethyl adjacent to an activating group) is 1. The lowest BCUT2D eigenvalue weighted by Gasteiger charge is -2.34. The van der Waals surface area contributed by atoms with Gasteiger partial charge in [0.2, 0.25) is 0 Å². The van der Waals surface area contributed by atoms with Gasteiger partial charge in [0.15, 0.2) is 5.82 Å². The van der Waals surface area contributed by atoms with E-state index in [2.05, 4.69) is 37.7 Å². The molecule has 0 spiro atoms. The Morgan fingerprint density at radius 2 is 1.47 bits per heavy atom. The van der Waals surface area contributed by atoms with Crippen LogP contribution in [0.4, 0.5) is 17.2 Å². The average Bonchev–Trinajstić information content (AvgIpc) is 3.38. The number of carbonyl (C=O) groups excluding carboxylic acids is 2. The number of hydrogen-bond acceptors (Lipinski definition) is 5. The largest absolute Gasteiger partial charge is 0.369 e. The molecular formula is C28H28N6O2. The second kappa shape index (κ2) is 10.5. The van der Waals surface area contributed by atoms with Crippen LogP contribution >= 0.6 is 0 Å². The van der Waals surface area contributed by atoms with Crippen molar-refractivity contribution >= 4 is 29.0 Å². The van der Waals surface area contributed by atoms with Gasteiger partial charge in [-0.1, -0.05) is 30.3 Å². The number of aromatic nitrogens is 2. The summed E-state index contributed by atoms with van der Waals surface area (Å²) in [6.07, 6.45) is 0. The first kappa shape index (κ1) is 23.3. The summed E-state index contributed by atoms with van der Waals surface area (Å²) in [5.41, 5.74) is 4.52. The summed E-state index contributed by atoms with van der Waals surface area (Å²) in [6, 6.07) is 26.0. The Morgan fingerprint density at radius 3 is 2.22 bits per heavy atom. The van der Waals surface area contributed by atoms with Gasteiger partial charge >= 0.3 is 0 Å². The third kappa shape index (κ3) is 5.45. The second-order valence-electron chi connectivity index (χ2n) is 8.86. The van der Waals surface area contributed by atoms with Crippen molar-refractivity contribution in [1.29, 1.82) is 0 Å². The van der Waals surface area contributed by atoms with E-state index >= 15 is 0 Å². The minimum Gasteiger partial charge on any atom is -0.369 e. The molecule has 1 aliphatic rings. The third-order valence-corrected chi connectivity index (χ3v) is 6.28. The molecule has 3 N–H and O–H groups in total. The summed E-state index contributed by atoms with van der Waals surface area (Å²) >= 11 is 0. The summed E-state index contributed by atoms with van der Waals surface area (Å²) in [5.74, 6) is 0.0303. The topological polar surface area (TPSA) is 93.4 Å². The summed E-state index contributed by atoms with van der Waals surface area (Å²) in [5, 5.41) is 13.0. The highest BCUT2D eigenvalue weighted by Crippen LogP contribution is 2.24. The quantitative estimate of drug-likeness (QED) is 0.382. The molecule has 2 heterocycles. The summed E-state index contributed by atoms with van der Waals surface area (Å²) in [7, 11) is 2.13. The highest BCUT2D eigenvalue weighted by molar-refractivity contribution is 6.05. The number of hydrogen-bond donors (Lipinski definition) is 3. The van der Waals surface area contributed by atoms with Crippen LogP contribution in [0.5, 0.6) is 0 Å². The van der Waals surface area contributed by atoms with Gasteiger partial charge in [0.1, 0.15) is 0 Å². The number of amides is 2. The Hall–Kier alpha value is -4.43. The maximum absolute atomic E-state index is 12.8. The number of rotatable bonds is 6. The zero-order chi connectivity index (χ0) is 24.9. The lowest BCUT2D eigenvalue weighted by atomic mass is 10.1. The highest BCUT2D eigenvalue weighted by Gasteiger charge is 2.15. The van der Waals surface area contributed by atoms with Crippen molar-refractivity contribution < 1.29 is 9.59 Å². The van der Waals surface area contributed by atoms with Crippen molar-refractivity contribution in [2.75, 3.05) is 48.8 Å². The molecule has 8 nitrogen and oxygen atoms in total. The van der Waals surface area contributed by atoms with Crippen LogP contribution < -0.4 is 15.5 Å². The fraction of sp³-hybridized carbons (Fsp3) is 0.179. The van der Waals surface area contributed by atoms with Crippen molar-refractivity contribution in [2.24, 2.45) is 0 Å². The Kier molecular flexibility index (Phi) is 6.77. The van der Waals surface area contributed by atoms with Gasteiger partial charge in [-0.15, -0.1) is 0 Å². The zero-order valence-corrected chi connectivity index (χ0v) is 20.1. The van der Waals surface area contributed by atoms with Crippen LogP contribution in [0, 0.1) is 0 Å². The Bertz CT molecular complexity index is 1340. The molecule has 1 fully saturated rings. The van der Waals surface area contributed by atoms with Crippen LogP contribution in [0.1, 0.15) is 20.7 Å². The number of aromatic amines is 1. The van der Waals surface area contributed by atoms with E-state index < -0.39 is 0 Å². The Morgan fingerprint density at radius 1 is 0.778 bits per heavy atom. The first-order valence-corrected chi connectivity index (χ1v) is 11.9. The van der Waals surface area contributed by atoms with Crippen LogP contribution in [0.15, 0.2) is 84.9 Å². The van der Waals surface area contributed by atoms with Crippen molar-refractivity contribution in [1.82, 2.24) is 15.1 Å². The standard InChI is InChI=1S/C28H28N6O2/c1-33-14-16-34(17-15-33)24-12-10-21(11-13-24)28(36)30-26-19-25(31-32-26)22-8-5-9-23(18-22)29-27(35)20-6-3-2-4-7-20/h2-13,18-19H,14-17H2,1H3,(H,29,35)(H2,30,31,32,36). The van der Waals surface area contributed by atoms with E-state index in [4.69, 9.17) is 0 Å². The van der Waals surface area contributed by atoms with Crippen LogP contribution in [-0.4, -0.2) is 60.1 Å².